The first-order valence-electron chi connectivity index (χ1n) is 9.70. The Morgan fingerprint density at radius 3 is 2.61 bits per heavy atom. The van der Waals surface area contributed by atoms with E-state index >= 15 is 0 Å². The van der Waals surface area contributed by atoms with Crippen molar-refractivity contribution < 1.29 is 9.53 Å². The number of nitrogens with zero attached hydrogens (tertiary/aromatic N) is 3. The summed E-state index contributed by atoms with van der Waals surface area (Å²) in [7, 11) is 0. The Bertz CT molecular complexity index is 1010. The van der Waals surface area contributed by atoms with E-state index in [-0.39, 0.29) is 5.91 Å². The lowest BCUT2D eigenvalue weighted by Crippen LogP contribution is -2.48. The molecular formula is C22H25N3O2S. The summed E-state index contributed by atoms with van der Waals surface area (Å²) in [6.07, 6.45) is 0. The third-order valence-corrected chi connectivity index (χ3v) is 6.19. The average Bonchev–Trinajstić information content (AvgIpc) is 3.11. The van der Waals surface area contributed by atoms with Gasteiger partial charge in [-0.15, -0.1) is 0 Å². The van der Waals surface area contributed by atoms with Gasteiger partial charge in [0.15, 0.2) is 5.13 Å². The topological polar surface area (TPSA) is 45.7 Å². The number of aryl methyl sites for hydroxylation is 2. The second-order valence-electron chi connectivity index (χ2n) is 7.16. The minimum Gasteiger partial charge on any atom is -0.494 e. The van der Waals surface area contributed by atoms with Crippen molar-refractivity contribution in [3.8, 4) is 5.75 Å². The second kappa shape index (κ2) is 7.80. The number of carbonyl (C=O) groups is 1. The summed E-state index contributed by atoms with van der Waals surface area (Å²) in [6.45, 7) is 9.74. The smallest absolute Gasteiger partial charge is 0.254 e. The van der Waals surface area contributed by atoms with E-state index < -0.39 is 0 Å². The van der Waals surface area contributed by atoms with Crippen molar-refractivity contribution in [1.29, 1.82) is 0 Å². The van der Waals surface area contributed by atoms with Gasteiger partial charge in [-0.1, -0.05) is 29.0 Å². The molecule has 3 aromatic rings. The van der Waals surface area contributed by atoms with Crippen molar-refractivity contribution in [2.75, 3.05) is 37.7 Å². The average molecular weight is 396 g/mol. The fourth-order valence-electron chi connectivity index (χ4n) is 3.61. The summed E-state index contributed by atoms with van der Waals surface area (Å²) in [4.78, 5) is 21.9. The van der Waals surface area contributed by atoms with Crippen molar-refractivity contribution in [3.05, 3.63) is 53.1 Å². The monoisotopic (exact) mass is 395 g/mol. The molecule has 4 rings (SSSR count). The number of hydrogen-bond donors (Lipinski definition) is 0. The third-order valence-electron chi connectivity index (χ3n) is 5.11. The number of piperazine rings is 1. The van der Waals surface area contributed by atoms with E-state index in [2.05, 4.69) is 24.0 Å². The van der Waals surface area contributed by atoms with E-state index in [0.29, 0.717) is 19.7 Å². The Balaban J connectivity index is 1.45. The molecule has 0 N–H and O–H groups in total. The van der Waals surface area contributed by atoms with Crippen LogP contribution in [0.2, 0.25) is 0 Å². The molecule has 2 aromatic carbocycles. The van der Waals surface area contributed by atoms with E-state index in [4.69, 9.17) is 9.72 Å². The van der Waals surface area contributed by atoms with Gasteiger partial charge >= 0.3 is 0 Å². The summed E-state index contributed by atoms with van der Waals surface area (Å²) in [5.41, 5.74) is 4.03. The highest BCUT2D eigenvalue weighted by Gasteiger charge is 2.24. The predicted molar refractivity (Wildman–Crippen MR) is 115 cm³/mol. The van der Waals surface area contributed by atoms with Crippen LogP contribution < -0.4 is 9.64 Å². The second-order valence-corrected chi connectivity index (χ2v) is 8.17. The van der Waals surface area contributed by atoms with Gasteiger partial charge in [-0.3, -0.25) is 4.79 Å². The number of carbonyl (C=O) groups excluding carboxylic acids is 1. The number of anilines is 1. The van der Waals surface area contributed by atoms with Crippen LogP contribution in [0, 0.1) is 13.8 Å². The lowest BCUT2D eigenvalue weighted by atomic mass is 10.0. The lowest BCUT2D eigenvalue weighted by Gasteiger charge is -2.34. The molecule has 1 aromatic heterocycles. The summed E-state index contributed by atoms with van der Waals surface area (Å²) in [6, 6.07) is 12.1. The van der Waals surface area contributed by atoms with Gasteiger partial charge in [0, 0.05) is 31.7 Å². The van der Waals surface area contributed by atoms with Crippen LogP contribution in [0.1, 0.15) is 28.4 Å². The minimum atomic E-state index is 0.128. The van der Waals surface area contributed by atoms with Crippen LogP contribution in [-0.4, -0.2) is 48.6 Å². The van der Waals surface area contributed by atoms with Gasteiger partial charge in [-0.25, -0.2) is 4.98 Å². The summed E-state index contributed by atoms with van der Waals surface area (Å²) < 4.78 is 6.72. The standard InChI is InChI=1S/C22H25N3O2S/c1-4-27-17-6-8-19-20(14-17)28-22(23-19)25-11-9-24(10-12-25)21(26)18-7-5-15(2)13-16(18)3/h5-8,13-14H,4,9-12H2,1-3H3. The zero-order chi connectivity index (χ0) is 19.7. The molecule has 146 valence electrons. The molecule has 0 radical (unpaired) electrons. The molecule has 6 heteroatoms. The number of ether oxygens (including phenoxy) is 1. The molecule has 1 saturated heterocycles. The molecule has 1 fully saturated rings. The van der Waals surface area contributed by atoms with Gasteiger partial charge in [0.1, 0.15) is 5.75 Å². The first kappa shape index (κ1) is 18.7. The van der Waals surface area contributed by atoms with Crippen LogP contribution in [0.25, 0.3) is 10.2 Å². The van der Waals surface area contributed by atoms with Crippen LogP contribution in [-0.2, 0) is 0 Å². The largest absolute Gasteiger partial charge is 0.494 e. The van der Waals surface area contributed by atoms with Crippen LogP contribution in [0.15, 0.2) is 36.4 Å². The Kier molecular flexibility index (Phi) is 5.22. The van der Waals surface area contributed by atoms with Crippen molar-refractivity contribution in [2.45, 2.75) is 20.8 Å². The van der Waals surface area contributed by atoms with Crippen molar-refractivity contribution in [2.24, 2.45) is 0 Å². The number of thiazole rings is 1. The number of aromatic nitrogens is 1. The summed E-state index contributed by atoms with van der Waals surface area (Å²) in [5.74, 6) is 1.01. The molecule has 0 bridgehead atoms. The number of benzene rings is 2. The normalized spacial score (nSPS) is 14.5. The molecule has 28 heavy (non-hydrogen) atoms. The van der Waals surface area contributed by atoms with Crippen LogP contribution >= 0.6 is 11.3 Å². The predicted octanol–water partition coefficient (Wildman–Crippen LogP) is 4.27. The lowest BCUT2D eigenvalue weighted by molar-refractivity contribution is 0.0746. The molecule has 0 aliphatic carbocycles. The molecule has 5 nitrogen and oxygen atoms in total. The maximum Gasteiger partial charge on any atom is 0.254 e. The zero-order valence-corrected chi connectivity index (χ0v) is 17.4. The Morgan fingerprint density at radius 1 is 1.11 bits per heavy atom. The van der Waals surface area contributed by atoms with Crippen LogP contribution in [0.5, 0.6) is 5.75 Å². The van der Waals surface area contributed by atoms with Crippen LogP contribution in [0.4, 0.5) is 5.13 Å². The van der Waals surface area contributed by atoms with Crippen molar-refractivity contribution in [3.63, 3.8) is 0 Å². The zero-order valence-electron chi connectivity index (χ0n) is 16.6. The van der Waals surface area contributed by atoms with Crippen molar-refractivity contribution in [1.82, 2.24) is 9.88 Å². The maximum absolute atomic E-state index is 12.9. The minimum absolute atomic E-state index is 0.128. The van der Waals surface area contributed by atoms with Crippen LogP contribution in [0.3, 0.4) is 0 Å². The molecule has 1 aliphatic rings. The van der Waals surface area contributed by atoms with Crippen molar-refractivity contribution >= 4 is 32.6 Å². The molecular weight excluding hydrogens is 370 g/mol. The molecule has 1 aliphatic heterocycles. The highest BCUT2D eigenvalue weighted by Crippen LogP contribution is 2.32. The van der Waals surface area contributed by atoms with E-state index in [1.807, 2.05) is 43.0 Å². The van der Waals surface area contributed by atoms with Gasteiger partial charge in [-0.2, -0.15) is 0 Å². The fraction of sp³-hybridized carbons (Fsp3) is 0.364. The Labute approximate surface area is 169 Å². The Hall–Kier alpha value is -2.60. The molecule has 0 saturated carbocycles. The maximum atomic E-state index is 12.9. The quantitative estimate of drug-likeness (QED) is 0.662. The number of amides is 1. The first-order chi connectivity index (χ1) is 13.5. The van der Waals surface area contributed by atoms with Gasteiger partial charge < -0.3 is 14.5 Å². The van der Waals surface area contributed by atoms with Gasteiger partial charge in [0.25, 0.3) is 5.91 Å². The Morgan fingerprint density at radius 2 is 1.89 bits per heavy atom. The number of fused-ring (bicyclic) bond motifs is 1. The third kappa shape index (κ3) is 3.69. The highest BCUT2D eigenvalue weighted by atomic mass is 32.1. The SMILES string of the molecule is CCOc1ccc2nc(N3CCN(C(=O)c4ccc(C)cc4C)CC3)sc2c1. The number of hydrogen-bond acceptors (Lipinski definition) is 5. The van der Waals surface area contributed by atoms with Gasteiger partial charge in [-0.05, 0) is 50.6 Å². The molecule has 2 heterocycles. The molecule has 0 unspecified atom stereocenters. The van der Waals surface area contributed by atoms with Gasteiger partial charge in [0.2, 0.25) is 0 Å². The summed E-state index contributed by atoms with van der Waals surface area (Å²) >= 11 is 1.69. The van der Waals surface area contributed by atoms with E-state index in [1.165, 1.54) is 5.56 Å². The van der Waals surface area contributed by atoms with E-state index in [1.54, 1.807) is 11.3 Å². The van der Waals surface area contributed by atoms with E-state index in [9.17, 15) is 4.79 Å². The molecule has 0 spiro atoms. The van der Waals surface area contributed by atoms with Gasteiger partial charge in [0.05, 0.1) is 16.8 Å². The summed E-state index contributed by atoms with van der Waals surface area (Å²) in [5, 5.41) is 1.02. The molecule has 1 amide bonds. The molecule has 0 atom stereocenters. The number of rotatable bonds is 4. The highest BCUT2D eigenvalue weighted by molar-refractivity contribution is 7.22. The first-order valence-corrected chi connectivity index (χ1v) is 10.5. The fourth-order valence-corrected chi connectivity index (χ4v) is 4.65. The van der Waals surface area contributed by atoms with E-state index in [0.717, 1.165) is 45.3 Å².